The smallest absolute Gasteiger partial charge is 0.359 e. The zero-order valence-electron chi connectivity index (χ0n) is 15.5. The van der Waals surface area contributed by atoms with E-state index in [1.807, 2.05) is 25.1 Å². The number of amides is 2. The molecule has 1 fully saturated rings. The molecule has 3 aromatic rings. The first-order valence-electron chi connectivity index (χ1n) is 9.08. The van der Waals surface area contributed by atoms with Gasteiger partial charge in [-0.25, -0.2) is 0 Å². The number of nitrogens with zero attached hydrogens (tertiary/aromatic N) is 1. The van der Waals surface area contributed by atoms with Crippen LogP contribution in [0.5, 0.6) is 0 Å². The average Bonchev–Trinajstić information content (AvgIpc) is 3.22. The van der Waals surface area contributed by atoms with Gasteiger partial charge in [0.05, 0.1) is 11.5 Å². The van der Waals surface area contributed by atoms with Gasteiger partial charge >= 0.3 is 6.18 Å². The molecule has 2 heterocycles. The van der Waals surface area contributed by atoms with Gasteiger partial charge in [-0.3, -0.25) is 9.59 Å². The topological polar surface area (TPSA) is 65.2 Å². The molecule has 2 N–H and O–H groups in total. The highest BCUT2D eigenvalue weighted by atomic mass is 19.4. The third kappa shape index (κ3) is 3.83. The lowest BCUT2D eigenvalue weighted by molar-refractivity contribution is -0.137. The normalized spacial score (nSPS) is 17.2. The maximum Gasteiger partial charge on any atom is 0.416 e. The van der Waals surface area contributed by atoms with Gasteiger partial charge in [0, 0.05) is 40.9 Å². The summed E-state index contributed by atoms with van der Waals surface area (Å²) in [6.45, 7) is 1.97. The fraction of sp³-hybridized carbons (Fsp3) is 0.238. The second-order valence-corrected chi connectivity index (χ2v) is 7.20. The van der Waals surface area contributed by atoms with Crippen molar-refractivity contribution in [2.24, 2.45) is 5.92 Å². The van der Waals surface area contributed by atoms with Crippen molar-refractivity contribution in [2.75, 3.05) is 16.8 Å². The van der Waals surface area contributed by atoms with Gasteiger partial charge in [0.1, 0.15) is 0 Å². The van der Waals surface area contributed by atoms with Crippen molar-refractivity contribution in [2.45, 2.75) is 19.5 Å². The molecule has 2 amide bonds. The molecule has 4 rings (SSSR count). The summed E-state index contributed by atoms with van der Waals surface area (Å²) in [4.78, 5) is 29.4. The quantitative estimate of drug-likeness (QED) is 0.679. The van der Waals surface area contributed by atoms with Gasteiger partial charge < -0.3 is 15.2 Å². The van der Waals surface area contributed by atoms with Crippen molar-refractivity contribution in [1.82, 2.24) is 4.98 Å². The molecule has 2 aromatic carbocycles. The molecule has 0 saturated carbocycles. The van der Waals surface area contributed by atoms with Crippen molar-refractivity contribution in [3.05, 3.63) is 59.8 Å². The molecule has 0 radical (unpaired) electrons. The van der Waals surface area contributed by atoms with Gasteiger partial charge in [-0.1, -0.05) is 6.07 Å². The average molecular weight is 401 g/mol. The van der Waals surface area contributed by atoms with Gasteiger partial charge in [-0.05, 0) is 49.4 Å². The summed E-state index contributed by atoms with van der Waals surface area (Å²) in [6, 6.07) is 12.0. The second-order valence-electron chi connectivity index (χ2n) is 7.20. The van der Waals surface area contributed by atoms with E-state index in [1.54, 1.807) is 6.07 Å². The minimum atomic E-state index is -4.50. The highest BCUT2D eigenvalue weighted by Crippen LogP contribution is 2.33. The molecule has 150 valence electrons. The van der Waals surface area contributed by atoms with Crippen LogP contribution < -0.4 is 10.2 Å². The number of aromatic nitrogens is 1. The summed E-state index contributed by atoms with van der Waals surface area (Å²) >= 11 is 0. The molecule has 1 aliphatic rings. The number of hydrogen-bond acceptors (Lipinski definition) is 2. The van der Waals surface area contributed by atoms with Crippen LogP contribution in [0.15, 0.2) is 48.5 Å². The van der Waals surface area contributed by atoms with Crippen molar-refractivity contribution in [3.63, 3.8) is 0 Å². The first-order chi connectivity index (χ1) is 13.7. The molecule has 1 aromatic heterocycles. The fourth-order valence-electron chi connectivity index (χ4n) is 3.58. The predicted molar refractivity (Wildman–Crippen MR) is 104 cm³/mol. The number of halogens is 3. The first-order valence-corrected chi connectivity index (χ1v) is 9.08. The number of hydrogen-bond donors (Lipinski definition) is 2. The van der Waals surface area contributed by atoms with Crippen LogP contribution in [0.3, 0.4) is 0 Å². The van der Waals surface area contributed by atoms with Gasteiger partial charge in [0.2, 0.25) is 11.8 Å². The highest BCUT2D eigenvalue weighted by Gasteiger charge is 2.37. The number of fused-ring (bicyclic) bond motifs is 1. The lowest BCUT2D eigenvalue weighted by atomic mass is 10.1. The Labute approximate surface area is 164 Å². The lowest BCUT2D eigenvalue weighted by Crippen LogP contribution is -2.28. The molecule has 1 saturated heterocycles. The van der Waals surface area contributed by atoms with E-state index in [2.05, 4.69) is 10.3 Å². The first kappa shape index (κ1) is 19.0. The molecular weight excluding hydrogens is 383 g/mol. The highest BCUT2D eigenvalue weighted by molar-refractivity contribution is 6.04. The third-order valence-corrected chi connectivity index (χ3v) is 5.00. The van der Waals surface area contributed by atoms with E-state index in [-0.39, 0.29) is 30.5 Å². The Morgan fingerprint density at radius 3 is 2.72 bits per heavy atom. The molecule has 8 heteroatoms. The van der Waals surface area contributed by atoms with Crippen LogP contribution in [0, 0.1) is 12.8 Å². The number of carbonyl (C=O) groups excluding carboxylic acids is 2. The van der Waals surface area contributed by atoms with Crippen LogP contribution in [-0.2, 0) is 15.8 Å². The summed E-state index contributed by atoms with van der Waals surface area (Å²) in [5.41, 5.74) is 1.87. The molecular formula is C21H18F3N3O2. The van der Waals surface area contributed by atoms with E-state index in [4.69, 9.17) is 0 Å². The number of nitrogens with one attached hydrogen (secondary N) is 2. The summed E-state index contributed by atoms with van der Waals surface area (Å²) in [5.74, 6) is -1.35. The van der Waals surface area contributed by atoms with Gasteiger partial charge in [0.15, 0.2) is 0 Å². The van der Waals surface area contributed by atoms with Gasteiger partial charge in [0.25, 0.3) is 0 Å². The fourth-order valence-corrected chi connectivity index (χ4v) is 3.58. The van der Waals surface area contributed by atoms with Crippen LogP contribution in [-0.4, -0.2) is 23.3 Å². The number of aryl methyl sites for hydroxylation is 1. The van der Waals surface area contributed by atoms with Crippen LogP contribution in [0.2, 0.25) is 0 Å². The molecule has 5 nitrogen and oxygen atoms in total. The number of H-pyrrole nitrogens is 1. The van der Waals surface area contributed by atoms with E-state index < -0.39 is 17.7 Å². The summed E-state index contributed by atoms with van der Waals surface area (Å²) in [7, 11) is 0. The van der Waals surface area contributed by atoms with E-state index in [1.165, 1.54) is 17.0 Å². The number of aromatic amines is 1. The van der Waals surface area contributed by atoms with E-state index >= 15 is 0 Å². The molecule has 29 heavy (non-hydrogen) atoms. The Bertz CT molecular complexity index is 1100. The van der Waals surface area contributed by atoms with E-state index in [9.17, 15) is 22.8 Å². The van der Waals surface area contributed by atoms with Crippen LogP contribution in [0.4, 0.5) is 24.5 Å². The Kier molecular flexibility index (Phi) is 4.56. The van der Waals surface area contributed by atoms with Crippen molar-refractivity contribution < 1.29 is 22.8 Å². The summed E-state index contributed by atoms with van der Waals surface area (Å²) < 4.78 is 38.8. The Morgan fingerprint density at radius 2 is 1.97 bits per heavy atom. The van der Waals surface area contributed by atoms with Crippen molar-refractivity contribution in [3.8, 4) is 0 Å². The Balaban J connectivity index is 1.49. The molecule has 0 aliphatic carbocycles. The number of carbonyl (C=O) groups is 2. The minimum absolute atomic E-state index is 0.0392. The summed E-state index contributed by atoms with van der Waals surface area (Å²) in [5, 5.41) is 3.75. The molecule has 1 atom stereocenters. The number of alkyl halides is 3. The molecule has 1 unspecified atom stereocenters. The largest absolute Gasteiger partial charge is 0.416 e. The summed E-state index contributed by atoms with van der Waals surface area (Å²) in [6.07, 6.45) is -4.54. The number of benzene rings is 2. The number of anilines is 2. The Morgan fingerprint density at radius 1 is 1.17 bits per heavy atom. The SMILES string of the molecule is Cc1cc2cc(NC(=O)C3CC(=O)N(c4cccc(C(F)(F)F)c4)C3)ccc2[nH]1. The molecule has 1 aliphatic heterocycles. The van der Waals surface area contributed by atoms with Crippen LogP contribution >= 0.6 is 0 Å². The zero-order chi connectivity index (χ0) is 20.8. The minimum Gasteiger partial charge on any atom is -0.359 e. The second kappa shape index (κ2) is 6.95. The predicted octanol–water partition coefficient (Wildman–Crippen LogP) is 4.49. The lowest BCUT2D eigenvalue weighted by Gasteiger charge is -2.18. The maximum atomic E-state index is 12.9. The maximum absolute atomic E-state index is 12.9. The molecule has 0 spiro atoms. The zero-order valence-corrected chi connectivity index (χ0v) is 15.5. The van der Waals surface area contributed by atoms with Gasteiger partial charge in [-0.2, -0.15) is 13.2 Å². The van der Waals surface area contributed by atoms with Crippen LogP contribution in [0.25, 0.3) is 10.9 Å². The van der Waals surface area contributed by atoms with Crippen LogP contribution in [0.1, 0.15) is 17.7 Å². The Hall–Kier alpha value is -3.29. The van der Waals surface area contributed by atoms with Gasteiger partial charge in [-0.15, -0.1) is 0 Å². The third-order valence-electron chi connectivity index (χ3n) is 5.00. The van der Waals surface area contributed by atoms with Crippen molar-refractivity contribution >= 4 is 34.1 Å². The van der Waals surface area contributed by atoms with E-state index in [0.717, 1.165) is 28.7 Å². The standard InChI is InChI=1S/C21H18F3N3O2/c1-12-7-13-8-16(5-6-18(13)25-12)26-20(29)14-9-19(28)27(11-14)17-4-2-3-15(10-17)21(22,23)24/h2-8,10,14,25H,9,11H2,1H3,(H,26,29). The number of rotatable bonds is 3. The van der Waals surface area contributed by atoms with E-state index in [0.29, 0.717) is 5.69 Å². The van der Waals surface area contributed by atoms with Crippen molar-refractivity contribution in [1.29, 1.82) is 0 Å². The monoisotopic (exact) mass is 401 g/mol. The molecule has 0 bridgehead atoms.